The number of hydrogen-bond donors (Lipinski definition) is 2. The van der Waals surface area contributed by atoms with E-state index in [9.17, 15) is 0 Å². The van der Waals surface area contributed by atoms with Crippen LogP contribution in [0.15, 0.2) is 31.0 Å². The number of hydrogen-bond acceptors (Lipinski definition) is 4. The summed E-state index contributed by atoms with van der Waals surface area (Å²) in [5, 5.41) is 7.38. The van der Waals surface area contributed by atoms with Gasteiger partial charge in [-0.1, -0.05) is 0 Å². The summed E-state index contributed by atoms with van der Waals surface area (Å²) in [5.74, 6) is 0. The van der Waals surface area contributed by atoms with E-state index in [4.69, 9.17) is 11.1 Å². The highest BCUT2D eigenvalue weighted by Gasteiger charge is 1.94. The third kappa shape index (κ3) is 1.86. The third-order valence-electron chi connectivity index (χ3n) is 1.13. The Bertz CT molecular complexity index is 265. The molecule has 0 aromatic carbocycles. The lowest BCUT2D eigenvalue weighted by molar-refractivity contribution is 1.16. The maximum Gasteiger partial charge on any atom is 0.115 e. The number of nitrogens with two attached hydrogens (primary N) is 1. The van der Waals surface area contributed by atoms with Crippen LogP contribution in [-0.4, -0.2) is 15.7 Å². The van der Waals surface area contributed by atoms with Crippen LogP contribution in [0.25, 0.3) is 0 Å². The molecule has 0 aliphatic rings. The van der Waals surface area contributed by atoms with Crippen molar-refractivity contribution >= 4 is 5.71 Å². The second kappa shape index (κ2) is 3.46. The molecule has 1 aromatic heterocycles. The summed E-state index contributed by atoms with van der Waals surface area (Å²) in [5.41, 5.74) is 6.08. The first-order chi connectivity index (χ1) is 5.34. The van der Waals surface area contributed by atoms with Crippen molar-refractivity contribution in [2.75, 3.05) is 0 Å². The first-order valence-corrected chi connectivity index (χ1v) is 3.07. The van der Waals surface area contributed by atoms with Crippen LogP contribution >= 0.6 is 0 Å². The van der Waals surface area contributed by atoms with Gasteiger partial charge in [-0.3, -0.25) is 0 Å². The average molecular weight is 148 g/mol. The first-order valence-electron chi connectivity index (χ1n) is 3.07. The predicted octanol–water partition coefficient (Wildman–Crippen LogP) is 0.317. The fourth-order valence-corrected chi connectivity index (χ4v) is 0.631. The minimum Gasteiger partial charge on any atom is -0.405 e. The van der Waals surface area contributed by atoms with Crippen LogP contribution in [0.3, 0.4) is 0 Å². The standard InChI is InChI=1S/C7H8N4/c8-2-1-7(9)6-3-10-5-11-4-6/h1-5,9H,8H2/b2-1-,9-7?. The van der Waals surface area contributed by atoms with Crippen LogP contribution in [0.2, 0.25) is 0 Å². The van der Waals surface area contributed by atoms with Crippen molar-refractivity contribution < 1.29 is 0 Å². The molecule has 0 spiro atoms. The Kier molecular flexibility index (Phi) is 2.32. The molecule has 4 nitrogen and oxygen atoms in total. The van der Waals surface area contributed by atoms with Gasteiger partial charge in [-0.25, -0.2) is 9.97 Å². The van der Waals surface area contributed by atoms with Gasteiger partial charge in [0.1, 0.15) is 6.33 Å². The van der Waals surface area contributed by atoms with Crippen LogP contribution in [0.4, 0.5) is 0 Å². The molecule has 11 heavy (non-hydrogen) atoms. The molecule has 0 atom stereocenters. The van der Waals surface area contributed by atoms with E-state index >= 15 is 0 Å². The third-order valence-corrected chi connectivity index (χ3v) is 1.13. The van der Waals surface area contributed by atoms with E-state index in [1.54, 1.807) is 12.4 Å². The zero-order valence-corrected chi connectivity index (χ0v) is 5.86. The van der Waals surface area contributed by atoms with E-state index in [0.717, 1.165) is 0 Å². The SMILES string of the molecule is N=C(/C=C\N)c1cncnc1. The molecule has 0 aliphatic carbocycles. The quantitative estimate of drug-likeness (QED) is 0.593. The molecule has 0 saturated carbocycles. The van der Waals surface area contributed by atoms with Crippen molar-refractivity contribution in [1.82, 2.24) is 9.97 Å². The molecule has 0 unspecified atom stereocenters. The van der Waals surface area contributed by atoms with Crippen molar-refractivity contribution in [2.45, 2.75) is 0 Å². The molecule has 56 valence electrons. The maximum absolute atomic E-state index is 7.38. The lowest BCUT2D eigenvalue weighted by atomic mass is 10.2. The minimum absolute atomic E-state index is 0.313. The van der Waals surface area contributed by atoms with Crippen molar-refractivity contribution in [3.05, 3.63) is 36.6 Å². The van der Waals surface area contributed by atoms with Gasteiger partial charge < -0.3 is 11.1 Å². The second-order valence-corrected chi connectivity index (χ2v) is 1.90. The zero-order chi connectivity index (χ0) is 8.10. The summed E-state index contributed by atoms with van der Waals surface area (Å²) in [6.45, 7) is 0. The molecular formula is C7H8N4. The van der Waals surface area contributed by atoms with Gasteiger partial charge >= 0.3 is 0 Å². The summed E-state index contributed by atoms with van der Waals surface area (Å²) < 4.78 is 0. The van der Waals surface area contributed by atoms with E-state index in [1.165, 1.54) is 18.6 Å². The highest BCUT2D eigenvalue weighted by molar-refractivity contribution is 6.05. The summed E-state index contributed by atoms with van der Waals surface area (Å²) in [4.78, 5) is 7.52. The Balaban J connectivity index is 2.86. The molecule has 0 aliphatic heterocycles. The van der Waals surface area contributed by atoms with Crippen molar-refractivity contribution in [2.24, 2.45) is 5.73 Å². The lowest BCUT2D eigenvalue weighted by Gasteiger charge is -1.93. The Morgan fingerprint density at radius 3 is 2.64 bits per heavy atom. The fourth-order valence-electron chi connectivity index (χ4n) is 0.631. The van der Waals surface area contributed by atoms with Gasteiger partial charge in [-0.2, -0.15) is 0 Å². The minimum atomic E-state index is 0.313. The number of rotatable bonds is 2. The Morgan fingerprint density at radius 2 is 2.09 bits per heavy atom. The number of nitrogens with zero attached hydrogens (tertiary/aromatic N) is 2. The molecule has 0 saturated heterocycles. The largest absolute Gasteiger partial charge is 0.405 e. The molecule has 3 N–H and O–H groups in total. The molecule has 1 aromatic rings. The monoisotopic (exact) mass is 148 g/mol. The maximum atomic E-state index is 7.38. The molecule has 4 heteroatoms. The van der Waals surface area contributed by atoms with Crippen LogP contribution in [0.5, 0.6) is 0 Å². The highest BCUT2D eigenvalue weighted by Crippen LogP contribution is 1.94. The van der Waals surface area contributed by atoms with E-state index in [0.29, 0.717) is 11.3 Å². The van der Waals surface area contributed by atoms with Crippen molar-refractivity contribution in [3.8, 4) is 0 Å². The van der Waals surface area contributed by atoms with Gasteiger partial charge in [0.2, 0.25) is 0 Å². The summed E-state index contributed by atoms with van der Waals surface area (Å²) in [6, 6.07) is 0. The van der Waals surface area contributed by atoms with Crippen molar-refractivity contribution in [3.63, 3.8) is 0 Å². The highest BCUT2D eigenvalue weighted by atomic mass is 14.8. The lowest BCUT2D eigenvalue weighted by Crippen LogP contribution is -1.96. The number of allylic oxidation sites excluding steroid dienone is 1. The first kappa shape index (κ1) is 7.40. The van der Waals surface area contributed by atoms with Gasteiger partial charge in [0.05, 0.1) is 5.71 Å². The van der Waals surface area contributed by atoms with Gasteiger partial charge in [-0.15, -0.1) is 0 Å². The second-order valence-electron chi connectivity index (χ2n) is 1.90. The van der Waals surface area contributed by atoms with Crippen LogP contribution in [-0.2, 0) is 0 Å². The van der Waals surface area contributed by atoms with Gasteiger partial charge in [0.25, 0.3) is 0 Å². The Labute approximate surface area is 64.3 Å². The molecule has 0 bridgehead atoms. The predicted molar refractivity (Wildman–Crippen MR) is 42.2 cm³/mol. The van der Waals surface area contributed by atoms with E-state index in [2.05, 4.69) is 9.97 Å². The van der Waals surface area contributed by atoms with E-state index in [1.807, 2.05) is 0 Å². The summed E-state index contributed by atoms with van der Waals surface area (Å²) in [6.07, 6.45) is 7.35. The molecule has 0 fully saturated rings. The molecule has 0 radical (unpaired) electrons. The number of aromatic nitrogens is 2. The van der Waals surface area contributed by atoms with Gasteiger partial charge in [0.15, 0.2) is 0 Å². The molecule has 1 heterocycles. The fraction of sp³-hybridized carbons (Fsp3) is 0. The summed E-state index contributed by atoms with van der Waals surface area (Å²) in [7, 11) is 0. The topological polar surface area (TPSA) is 75.7 Å². The molecular weight excluding hydrogens is 140 g/mol. The van der Waals surface area contributed by atoms with E-state index in [-0.39, 0.29) is 0 Å². The van der Waals surface area contributed by atoms with E-state index < -0.39 is 0 Å². The molecule has 0 amide bonds. The van der Waals surface area contributed by atoms with Crippen LogP contribution < -0.4 is 5.73 Å². The van der Waals surface area contributed by atoms with Gasteiger partial charge in [-0.05, 0) is 12.3 Å². The molecule has 1 rings (SSSR count). The van der Waals surface area contributed by atoms with Gasteiger partial charge in [0, 0.05) is 18.0 Å². The zero-order valence-electron chi connectivity index (χ0n) is 5.86. The van der Waals surface area contributed by atoms with Crippen LogP contribution in [0.1, 0.15) is 5.56 Å². The Morgan fingerprint density at radius 1 is 1.45 bits per heavy atom. The average Bonchev–Trinajstić information content (AvgIpc) is 2.07. The number of nitrogens with one attached hydrogen (secondary N) is 1. The van der Waals surface area contributed by atoms with Crippen molar-refractivity contribution in [1.29, 1.82) is 5.41 Å². The summed E-state index contributed by atoms with van der Waals surface area (Å²) >= 11 is 0. The normalized spacial score (nSPS) is 10.2. The Hall–Kier alpha value is -1.71. The van der Waals surface area contributed by atoms with Crippen LogP contribution in [0, 0.1) is 5.41 Å². The smallest absolute Gasteiger partial charge is 0.115 e.